The molecule has 1 rings (SSSR count). The van der Waals surface area contributed by atoms with Crippen LogP contribution in [0.4, 0.5) is 11.4 Å². The average Bonchev–Trinajstić information content (AvgIpc) is 2.48. The van der Waals surface area contributed by atoms with E-state index < -0.39 is 27.4 Å². The molecule has 0 heterocycles. The number of methoxy groups -OCH3 is 1. The molecular formula is C14H21N3O6S. The lowest BCUT2D eigenvalue weighted by atomic mass is 10.2. The number of nitrogens with one attached hydrogen (secondary N) is 1. The molecule has 1 amide bonds. The lowest BCUT2D eigenvalue weighted by Crippen LogP contribution is -2.41. The zero-order valence-corrected chi connectivity index (χ0v) is 14.6. The average molecular weight is 359 g/mol. The number of nitrogens with zero attached hydrogens (tertiary/aromatic N) is 2. The van der Waals surface area contributed by atoms with Crippen molar-refractivity contribution in [1.82, 2.24) is 5.32 Å². The van der Waals surface area contributed by atoms with E-state index in [4.69, 9.17) is 4.74 Å². The van der Waals surface area contributed by atoms with Crippen LogP contribution in [0.5, 0.6) is 0 Å². The van der Waals surface area contributed by atoms with Gasteiger partial charge in [0.25, 0.3) is 5.69 Å². The fraction of sp³-hybridized carbons (Fsp3) is 0.500. The second kappa shape index (κ2) is 8.60. The number of carbonyl (C=O) groups excluding carboxylic acids is 1. The molecule has 0 atom stereocenters. The molecular weight excluding hydrogens is 338 g/mol. The third kappa shape index (κ3) is 5.78. The summed E-state index contributed by atoms with van der Waals surface area (Å²) in [6, 6.07) is 3.88. The van der Waals surface area contributed by atoms with Crippen LogP contribution in [0.2, 0.25) is 0 Å². The summed E-state index contributed by atoms with van der Waals surface area (Å²) < 4.78 is 29.8. The lowest BCUT2D eigenvalue weighted by molar-refractivity contribution is -0.384. The molecule has 0 radical (unpaired) electrons. The normalized spacial score (nSPS) is 11.1. The highest BCUT2D eigenvalue weighted by atomic mass is 32.2. The van der Waals surface area contributed by atoms with Crippen molar-refractivity contribution in [2.24, 2.45) is 0 Å². The Morgan fingerprint density at radius 2 is 2.08 bits per heavy atom. The quantitative estimate of drug-likeness (QED) is 0.396. The van der Waals surface area contributed by atoms with Crippen LogP contribution in [0.3, 0.4) is 0 Å². The Labute approximate surface area is 140 Å². The molecule has 0 saturated carbocycles. The number of ether oxygens (including phenoxy) is 1. The van der Waals surface area contributed by atoms with Gasteiger partial charge in [-0.25, -0.2) is 8.42 Å². The summed E-state index contributed by atoms with van der Waals surface area (Å²) in [7, 11) is -2.25. The van der Waals surface area contributed by atoms with Crippen molar-refractivity contribution < 1.29 is 22.9 Å². The highest BCUT2D eigenvalue weighted by molar-refractivity contribution is 7.92. The van der Waals surface area contributed by atoms with Gasteiger partial charge in [-0.05, 0) is 18.9 Å². The molecule has 9 nitrogen and oxygen atoms in total. The highest BCUT2D eigenvalue weighted by Gasteiger charge is 2.24. The van der Waals surface area contributed by atoms with E-state index in [0.29, 0.717) is 25.1 Å². The number of nitro groups is 1. The summed E-state index contributed by atoms with van der Waals surface area (Å²) >= 11 is 0. The lowest BCUT2D eigenvalue weighted by Gasteiger charge is -2.23. The van der Waals surface area contributed by atoms with E-state index in [1.54, 1.807) is 6.92 Å². The number of anilines is 1. The molecule has 1 aromatic rings. The maximum atomic E-state index is 12.0. The highest BCUT2D eigenvalue weighted by Crippen LogP contribution is 2.27. The van der Waals surface area contributed by atoms with Gasteiger partial charge in [-0.3, -0.25) is 19.2 Å². The molecule has 0 bridgehead atoms. The predicted octanol–water partition coefficient (Wildman–Crippen LogP) is 0.822. The maximum Gasteiger partial charge on any atom is 0.271 e. The SMILES string of the molecule is COCCCNC(=O)CN(c1cc([N+](=O)[O-])ccc1C)S(C)(=O)=O. The van der Waals surface area contributed by atoms with Gasteiger partial charge in [-0.2, -0.15) is 0 Å². The molecule has 0 saturated heterocycles. The van der Waals surface area contributed by atoms with Gasteiger partial charge in [0.1, 0.15) is 6.54 Å². The van der Waals surface area contributed by atoms with Gasteiger partial charge in [-0.1, -0.05) is 6.07 Å². The summed E-state index contributed by atoms with van der Waals surface area (Å²) in [6.45, 7) is 1.99. The number of benzene rings is 1. The molecule has 0 unspecified atom stereocenters. The van der Waals surface area contributed by atoms with E-state index in [9.17, 15) is 23.3 Å². The first-order chi connectivity index (χ1) is 11.2. The van der Waals surface area contributed by atoms with Crippen molar-refractivity contribution in [2.45, 2.75) is 13.3 Å². The number of sulfonamides is 1. The number of carbonyl (C=O) groups is 1. The molecule has 134 valence electrons. The van der Waals surface area contributed by atoms with Gasteiger partial charge < -0.3 is 10.1 Å². The van der Waals surface area contributed by atoms with Crippen LogP contribution in [-0.2, 0) is 19.6 Å². The summed E-state index contributed by atoms with van der Waals surface area (Å²) in [4.78, 5) is 22.3. The van der Waals surface area contributed by atoms with E-state index in [0.717, 1.165) is 16.6 Å². The molecule has 24 heavy (non-hydrogen) atoms. The summed E-state index contributed by atoms with van der Waals surface area (Å²) in [5, 5.41) is 13.5. The van der Waals surface area contributed by atoms with Crippen LogP contribution in [0.1, 0.15) is 12.0 Å². The van der Waals surface area contributed by atoms with Gasteiger partial charge in [-0.15, -0.1) is 0 Å². The third-order valence-electron chi connectivity index (χ3n) is 3.21. The molecule has 10 heteroatoms. The van der Waals surface area contributed by atoms with Crippen LogP contribution in [0.15, 0.2) is 18.2 Å². The monoisotopic (exact) mass is 359 g/mol. The number of hydrogen-bond donors (Lipinski definition) is 1. The second-order valence-corrected chi connectivity index (χ2v) is 7.10. The molecule has 0 aliphatic heterocycles. The smallest absolute Gasteiger partial charge is 0.271 e. The van der Waals surface area contributed by atoms with Crippen molar-refractivity contribution in [2.75, 3.05) is 37.4 Å². The van der Waals surface area contributed by atoms with Crippen LogP contribution < -0.4 is 9.62 Å². The van der Waals surface area contributed by atoms with Crippen LogP contribution in [-0.4, -0.2) is 52.3 Å². The van der Waals surface area contributed by atoms with Gasteiger partial charge in [0.05, 0.1) is 16.9 Å². The zero-order valence-electron chi connectivity index (χ0n) is 13.8. The van der Waals surface area contributed by atoms with Crippen molar-refractivity contribution in [3.05, 3.63) is 33.9 Å². The first-order valence-electron chi connectivity index (χ1n) is 7.15. The van der Waals surface area contributed by atoms with Crippen LogP contribution in [0, 0.1) is 17.0 Å². The van der Waals surface area contributed by atoms with E-state index in [-0.39, 0.29) is 11.4 Å². The molecule has 0 aromatic heterocycles. The fourth-order valence-electron chi connectivity index (χ4n) is 1.99. The molecule has 0 spiro atoms. The Morgan fingerprint density at radius 1 is 1.42 bits per heavy atom. The Kier molecular flexibility index (Phi) is 7.11. The minimum atomic E-state index is -3.79. The standard InChI is InChI=1S/C14H21N3O6S/c1-11-5-6-12(17(19)20)9-13(11)16(24(3,21)22)10-14(18)15-7-4-8-23-2/h5-6,9H,4,7-8,10H2,1-3H3,(H,15,18). The topological polar surface area (TPSA) is 119 Å². The Hall–Kier alpha value is -2.20. The predicted molar refractivity (Wildman–Crippen MR) is 89.5 cm³/mol. The third-order valence-corrected chi connectivity index (χ3v) is 4.33. The van der Waals surface area contributed by atoms with Gasteiger partial charge in [0.2, 0.25) is 15.9 Å². The largest absolute Gasteiger partial charge is 0.385 e. The Balaban J connectivity index is 3.01. The molecule has 0 aliphatic carbocycles. The number of rotatable bonds is 9. The molecule has 0 aliphatic rings. The van der Waals surface area contributed by atoms with Crippen LogP contribution >= 0.6 is 0 Å². The maximum absolute atomic E-state index is 12.0. The minimum absolute atomic E-state index is 0.110. The second-order valence-electron chi connectivity index (χ2n) is 5.19. The number of aryl methyl sites for hydroxylation is 1. The molecule has 1 N–H and O–H groups in total. The fourth-order valence-corrected chi connectivity index (χ4v) is 2.90. The van der Waals surface area contributed by atoms with Crippen LogP contribution in [0.25, 0.3) is 0 Å². The van der Waals surface area contributed by atoms with E-state index in [1.165, 1.54) is 19.2 Å². The van der Waals surface area contributed by atoms with Crippen molar-refractivity contribution in [3.8, 4) is 0 Å². The number of nitro benzene ring substituents is 1. The summed E-state index contributed by atoms with van der Waals surface area (Å²) in [6.07, 6.45) is 1.54. The van der Waals surface area contributed by atoms with E-state index in [2.05, 4.69) is 5.32 Å². The van der Waals surface area contributed by atoms with E-state index in [1.807, 2.05) is 0 Å². The summed E-state index contributed by atoms with van der Waals surface area (Å²) in [5.74, 6) is -0.498. The summed E-state index contributed by atoms with van der Waals surface area (Å²) in [5.41, 5.74) is 0.377. The molecule has 0 fully saturated rings. The number of hydrogen-bond acceptors (Lipinski definition) is 6. The number of non-ortho nitro benzene ring substituents is 1. The van der Waals surface area contributed by atoms with Crippen molar-refractivity contribution in [1.29, 1.82) is 0 Å². The van der Waals surface area contributed by atoms with E-state index >= 15 is 0 Å². The first kappa shape index (κ1) is 19.8. The van der Waals surface area contributed by atoms with Crippen molar-refractivity contribution >= 4 is 27.3 Å². The Morgan fingerprint density at radius 3 is 2.62 bits per heavy atom. The zero-order chi connectivity index (χ0) is 18.3. The first-order valence-corrected chi connectivity index (χ1v) is 9.00. The Bertz CT molecular complexity index is 704. The molecule has 1 aromatic carbocycles. The van der Waals surface area contributed by atoms with Crippen molar-refractivity contribution in [3.63, 3.8) is 0 Å². The number of amides is 1. The minimum Gasteiger partial charge on any atom is -0.385 e. The van der Waals surface area contributed by atoms with Gasteiger partial charge in [0.15, 0.2) is 0 Å². The van der Waals surface area contributed by atoms with Gasteiger partial charge >= 0.3 is 0 Å². The van der Waals surface area contributed by atoms with Gasteiger partial charge in [0, 0.05) is 32.4 Å².